The highest BCUT2D eigenvalue weighted by atomic mass is 32.2. The largest absolute Gasteiger partial charge is 0.255 e. The van der Waals surface area contributed by atoms with Crippen molar-refractivity contribution in [2.75, 3.05) is 19.3 Å². The molecular weight excluding hydrogens is 242 g/mol. The summed E-state index contributed by atoms with van der Waals surface area (Å²) in [5.41, 5.74) is 1.76. The van der Waals surface area contributed by atoms with Crippen molar-refractivity contribution in [3.8, 4) is 0 Å². The highest BCUT2D eigenvalue weighted by Crippen LogP contribution is 2.31. The zero-order valence-electron chi connectivity index (χ0n) is 9.97. The summed E-state index contributed by atoms with van der Waals surface area (Å²) < 4.78 is 15.2. The average molecular weight is 261 g/mol. The van der Waals surface area contributed by atoms with E-state index in [2.05, 4.69) is 28.5 Å². The zero-order valence-corrected chi connectivity index (χ0v) is 11.6. The monoisotopic (exact) mass is 261 g/mol. The van der Waals surface area contributed by atoms with Gasteiger partial charge in [-0.05, 0) is 30.2 Å². The number of aliphatic imine (C=N–C) groups is 1. The van der Waals surface area contributed by atoms with Gasteiger partial charge in [-0.2, -0.15) is 0 Å². The average Bonchev–Trinajstić information content (AvgIpc) is 2.65. The third kappa shape index (κ3) is 2.20. The van der Waals surface area contributed by atoms with Gasteiger partial charge in [0.1, 0.15) is 0 Å². The molecule has 1 saturated heterocycles. The number of likely N-dealkylation sites (tertiary alicyclic amines) is 1. The van der Waals surface area contributed by atoms with E-state index in [1.54, 1.807) is 11.8 Å². The van der Waals surface area contributed by atoms with E-state index in [4.69, 9.17) is 0 Å². The van der Waals surface area contributed by atoms with Gasteiger partial charge in [0.05, 0.1) is 16.3 Å². The summed E-state index contributed by atoms with van der Waals surface area (Å²) in [6, 6.07) is 0. The topological polar surface area (TPSA) is 44.7 Å². The Balaban J connectivity index is 2.20. The number of hydrogen-bond donors (Lipinski definition) is 1. The first-order valence-electron chi connectivity index (χ1n) is 5.59. The molecule has 0 aliphatic carbocycles. The van der Waals surface area contributed by atoms with Crippen LogP contribution in [0.2, 0.25) is 0 Å². The highest BCUT2D eigenvalue weighted by Gasteiger charge is 2.45. The van der Waals surface area contributed by atoms with E-state index in [0.717, 1.165) is 13.1 Å². The maximum absolute atomic E-state index is 12.0. The number of nitrogens with zero attached hydrogens (tertiary/aromatic N) is 2. The quantitative estimate of drug-likeness (QED) is 0.760. The lowest BCUT2D eigenvalue weighted by Gasteiger charge is -2.43. The molecule has 2 aliphatic rings. The Bertz CT molecular complexity index is 313. The molecule has 0 radical (unpaired) electrons. The van der Waals surface area contributed by atoms with Crippen LogP contribution in [0.5, 0.6) is 0 Å². The first-order valence-corrected chi connectivity index (χ1v) is 8.03. The van der Waals surface area contributed by atoms with Crippen molar-refractivity contribution in [1.29, 1.82) is 0 Å². The molecule has 0 saturated carbocycles. The first kappa shape index (κ1) is 12.5. The standard InChI is InChI=1S/C10H19N3OS2/c1-8-4-9(2)6-13(5-8)10(16(3)14)11-7-15-12-10/h7-9,12H,4-6H2,1-3H3. The maximum Gasteiger partial charge on any atom is 0.255 e. The fourth-order valence-electron chi connectivity index (χ4n) is 2.60. The second-order valence-electron chi connectivity index (χ2n) is 4.87. The number of piperidine rings is 1. The Labute approximate surface area is 104 Å². The molecule has 92 valence electrons. The van der Waals surface area contributed by atoms with Crippen molar-refractivity contribution in [2.24, 2.45) is 16.8 Å². The third-order valence-corrected chi connectivity index (χ3v) is 5.18. The van der Waals surface area contributed by atoms with Crippen LogP contribution in [0.3, 0.4) is 0 Å². The molecule has 2 heterocycles. The molecule has 0 spiro atoms. The van der Waals surface area contributed by atoms with E-state index in [0.29, 0.717) is 11.8 Å². The van der Waals surface area contributed by atoms with Gasteiger partial charge in [-0.15, -0.1) is 0 Å². The first-order chi connectivity index (χ1) is 7.54. The molecule has 1 N–H and O–H groups in total. The van der Waals surface area contributed by atoms with Gasteiger partial charge in [-0.1, -0.05) is 13.8 Å². The van der Waals surface area contributed by atoms with Gasteiger partial charge in [-0.25, -0.2) is 9.71 Å². The second-order valence-corrected chi connectivity index (χ2v) is 7.00. The molecule has 4 nitrogen and oxygen atoms in total. The molecule has 0 aromatic carbocycles. The number of nitrogens with one attached hydrogen (secondary N) is 1. The molecule has 0 aromatic rings. The Morgan fingerprint density at radius 2 is 2.12 bits per heavy atom. The van der Waals surface area contributed by atoms with Gasteiger partial charge in [0, 0.05) is 19.3 Å². The van der Waals surface area contributed by atoms with Crippen LogP contribution in [0.25, 0.3) is 0 Å². The summed E-state index contributed by atoms with van der Waals surface area (Å²) in [5, 5.41) is -0.687. The second kappa shape index (κ2) is 4.76. The van der Waals surface area contributed by atoms with E-state index in [9.17, 15) is 4.21 Å². The lowest BCUT2D eigenvalue weighted by molar-refractivity contribution is 0.0761. The van der Waals surface area contributed by atoms with Gasteiger partial charge in [0.15, 0.2) is 0 Å². The summed E-state index contributed by atoms with van der Waals surface area (Å²) in [5.74, 6) is 1.29. The fourth-order valence-corrected chi connectivity index (χ4v) is 4.59. The minimum Gasteiger partial charge on any atom is -0.255 e. The minimum atomic E-state index is -1.03. The normalized spacial score (nSPS) is 42.4. The summed E-state index contributed by atoms with van der Waals surface area (Å²) in [6.45, 7) is 6.44. The van der Waals surface area contributed by atoms with Crippen molar-refractivity contribution in [3.63, 3.8) is 0 Å². The van der Waals surface area contributed by atoms with Crippen LogP contribution in [0, 0.1) is 11.8 Å². The van der Waals surface area contributed by atoms with E-state index in [-0.39, 0.29) is 0 Å². The Hall–Kier alpha value is 0.0900. The molecule has 4 atom stereocenters. The van der Waals surface area contributed by atoms with Crippen molar-refractivity contribution < 1.29 is 4.21 Å². The van der Waals surface area contributed by atoms with Crippen molar-refractivity contribution in [1.82, 2.24) is 9.62 Å². The summed E-state index contributed by atoms with van der Waals surface area (Å²) in [6.07, 6.45) is 2.97. The van der Waals surface area contributed by atoms with Crippen LogP contribution >= 0.6 is 11.9 Å². The Morgan fingerprint density at radius 3 is 2.56 bits per heavy atom. The molecule has 4 unspecified atom stereocenters. The Kier molecular flexibility index (Phi) is 3.73. The third-order valence-electron chi connectivity index (χ3n) is 3.17. The molecule has 1 fully saturated rings. The van der Waals surface area contributed by atoms with Gasteiger partial charge < -0.3 is 0 Å². The van der Waals surface area contributed by atoms with Gasteiger partial charge in [-0.3, -0.25) is 9.11 Å². The van der Waals surface area contributed by atoms with E-state index < -0.39 is 15.9 Å². The van der Waals surface area contributed by atoms with Crippen LogP contribution in [0.1, 0.15) is 20.3 Å². The predicted octanol–water partition coefficient (Wildman–Crippen LogP) is 1.23. The SMILES string of the molecule is CC1CC(C)CN(C2(S(C)=O)N=CSN2)C1. The molecule has 0 bridgehead atoms. The molecular formula is C10H19N3OS2. The highest BCUT2D eigenvalue weighted by molar-refractivity contribution is 8.11. The van der Waals surface area contributed by atoms with Gasteiger partial charge in [0.2, 0.25) is 0 Å². The van der Waals surface area contributed by atoms with Crippen molar-refractivity contribution >= 4 is 28.3 Å². The van der Waals surface area contributed by atoms with Crippen LogP contribution < -0.4 is 4.72 Å². The van der Waals surface area contributed by atoms with Crippen molar-refractivity contribution in [2.45, 2.75) is 25.4 Å². The van der Waals surface area contributed by atoms with Crippen LogP contribution in [-0.2, 0) is 10.8 Å². The molecule has 6 heteroatoms. The number of rotatable bonds is 2. The summed E-state index contributed by atoms with van der Waals surface area (Å²) in [4.78, 5) is 6.65. The lowest BCUT2D eigenvalue weighted by Crippen LogP contribution is -2.60. The van der Waals surface area contributed by atoms with Crippen LogP contribution in [0.4, 0.5) is 0 Å². The molecule has 2 rings (SSSR count). The van der Waals surface area contributed by atoms with Crippen molar-refractivity contribution in [3.05, 3.63) is 0 Å². The van der Waals surface area contributed by atoms with E-state index in [1.165, 1.54) is 18.4 Å². The van der Waals surface area contributed by atoms with Gasteiger partial charge >= 0.3 is 0 Å². The lowest BCUT2D eigenvalue weighted by atomic mass is 9.92. The predicted molar refractivity (Wildman–Crippen MR) is 70.5 cm³/mol. The van der Waals surface area contributed by atoms with E-state index >= 15 is 0 Å². The summed E-state index contributed by atoms with van der Waals surface area (Å²) in [7, 11) is -1.03. The zero-order chi connectivity index (χ0) is 11.8. The smallest absolute Gasteiger partial charge is 0.255 e. The van der Waals surface area contributed by atoms with Crippen LogP contribution in [-0.4, -0.2) is 39.1 Å². The van der Waals surface area contributed by atoms with Crippen LogP contribution in [0.15, 0.2) is 4.99 Å². The molecule has 0 amide bonds. The molecule has 2 aliphatic heterocycles. The summed E-state index contributed by atoms with van der Waals surface area (Å²) >= 11 is 1.43. The maximum atomic E-state index is 12.0. The Morgan fingerprint density at radius 1 is 1.50 bits per heavy atom. The van der Waals surface area contributed by atoms with Gasteiger partial charge in [0.25, 0.3) is 5.12 Å². The number of hydrogen-bond acceptors (Lipinski definition) is 5. The minimum absolute atomic E-state index is 0.645. The molecule has 16 heavy (non-hydrogen) atoms. The van der Waals surface area contributed by atoms with E-state index in [1.807, 2.05) is 0 Å². The molecule has 0 aromatic heterocycles. The fraction of sp³-hybridized carbons (Fsp3) is 0.900.